The summed E-state index contributed by atoms with van der Waals surface area (Å²) in [5, 5.41) is 7.49. The van der Waals surface area contributed by atoms with Gasteiger partial charge in [-0.25, -0.2) is 9.48 Å². The monoisotopic (exact) mass is 480 g/mol. The molecule has 158 valence electrons. The smallest absolute Gasteiger partial charge is 0.338 e. The van der Waals surface area contributed by atoms with Crippen LogP contribution in [-0.2, 0) is 16.1 Å². The molecule has 3 aromatic rings. The second-order valence-corrected chi connectivity index (χ2v) is 7.85. The van der Waals surface area contributed by atoms with Crippen molar-refractivity contribution >= 4 is 27.8 Å². The van der Waals surface area contributed by atoms with Crippen LogP contribution in [0.4, 0.5) is 5.95 Å². The molecule has 1 aliphatic heterocycles. The maximum Gasteiger partial charge on any atom is 0.338 e. The summed E-state index contributed by atoms with van der Waals surface area (Å²) in [7, 11) is 0. The Bertz CT molecular complexity index is 1140. The first-order valence-electron chi connectivity index (χ1n) is 9.70. The van der Waals surface area contributed by atoms with Gasteiger partial charge in [-0.15, -0.1) is 0 Å². The van der Waals surface area contributed by atoms with Gasteiger partial charge in [-0.05, 0) is 30.7 Å². The van der Waals surface area contributed by atoms with E-state index < -0.39 is 12.0 Å². The summed E-state index contributed by atoms with van der Waals surface area (Å²) < 4.78 is 14.1. The van der Waals surface area contributed by atoms with Gasteiger partial charge in [0.05, 0.1) is 5.57 Å². The zero-order chi connectivity index (χ0) is 21.8. The van der Waals surface area contributed by atoms with Crippen LogP contribution in [0, 0.1) is 0 Å². The van der Waals surface area contributed by atoms with Crippen molar-refractivity contribution in [1.82, 2.24) is 14.8 Å². The number of nitrogens with zero attached hydrogens (tertiary/aromatic N) is 3. The molecule has 1 N–H and O–H groups in total. The van der Waals surface area contributed by atoms with Crippen molar-refractivity contribution in [3.63, 3.8) is 0 Å². The third kappa shape index (κ3) is 4.39. The van der Waals surface area contributed by atoms with Crippen LogP contribution in [-0.4, -0.2) is 27.3 Å². The standard InChI is InChI=1S/C23H21BrN4O3/c1-3-11-30-22(29)20-15(2)27-23-25-14-26-28(23)21(20)18-12-17(24)9-10-19(18)31-13-16-7-5-4-6-8-16/h3-10,12,14,21H,1,11,13H2,2H3,(H,25,26,27). The van der Waals surface area contributed by atoms with Gasteiger partial charge in [-0.2, -0.15) is 10.1 Å². The summed E-state index contributed by atoms with van der Waals surface area (Å²) in [5.74, 6) is 0.726. The van der Waals surface area contributed by atoms with Crippen LogP contribution >= 0.6 is 15.9 Å². The Morgan fingerprint density at radius 2 is 2.10 bits per heavy atom. The van der Waals surface area contributed by atoms with Crippen LogP contribution in [0.5, 0.6) is 5.75 Å². The Morgan fingerprint density at radius 3 is 2.87 bits per heavy atom. The molecule has 8 heteroatoms. The summed E-state index contributed by atoms with van der Waals surface area (Å²) in [5.41, 5.74) is 2.89. The first-order chi connectivity index (χ1) is 15.1. The van der Waals surface area contributed by atoms with Crippen LogP contribution in [0.1, 0.15) is 24.1 Å². The highest BCUT2D eigenvalue weighted by Gasteiger charge is 2.36. The number of benzene rings is 2. The number of fused-ring (bicyclic) bond motifs is 1. The fourth-order valence-corrected chi connectivity index (χ4v) is 3.83. The predicted octanol–water partition coefficient (Wildman–Crippen LogP) is 4.64. The lowest BCUT2D eigenvalue weighted by Gasteiger charge is -2.29. The van der Waals surface area contributed by atoms with Gasteiger partial charge in [-0.1, -0.05) is 58.9 Å². The Morgan fingerprint density at radius 1 is 1.29 bits per heavy atom. The number of anilines is 1. The number of carbonyl (C=O) groups is 1. The fourth-order valence-electron chi connectivity index (χ4n) is 3.45. The lowest BCUT2D eigenvalue weighted by Crippen LogP contribution is -2.30. The molecule has 0 bridgehead atoms. The van der Waals surface area contributed by atoms with Crippen molar-refractivity contribution < 1.29 is 14.3 Å². The Hall–Kier alpha value is -3.39. The minimum absolute atomic E-state index is 0.113. The second kappa shape index (κ2) is 9.18. The van der Waals surface area contributed by atoms with Crippen molar-refractivity contribution in [2.24, 2.45) is 0 Å². The van der Waals surface area contributed by atoms with Crippen molar-refractivity contribution in [1.29, 1.82) is 0 Å². The SMILES string of the molecule is C=CCOC(=O)C1=C(C)Nc2ncnn2C1c1cc(Br)ccc1OCc1ccccc1. The molecule has 0 amide bonds. The summed E-state index contributed by atoms with van der Waals surface area (Å²) in [6.07, 6.45) is 2.98. The van der Waals surface area contributed by atoms with E-state index in [-0.39, 0.29) is 6.61 Å². The molecule has 0 saturated heterocycles. The Kier molecular flexibility index (Phi) is 6.18. The number of aromatic nitrogens is 3. The molecule has 0 aliphatic carbocycles. The minimum atomic E-state index is -0.570. The number of allylic oxidation sites excluding steroid dienone is 1. The molecule has 0 saturated carbocycles. The van der Waals surface area contributed by atoms with Crippen LogP contribution in [0.15, 0.2) is 83.3 Å². The first-order valence-corrected chi connectivity index (χ1v) is 10.5. The van der Waals surface area contributed by atoms with Crippen molar-refractivity contribution in [2.45, 2.75) is 19.6 Å². The second-order valence-electron chi connectivity index (χ2n) is 6.94. The Labute approximate surface area is 188 Å². The van der Waals surface area contributed by atoms with E-state index in [0.717, 1.165) is 15.6 Å². The quantitative estimate of drug-likeness (QED) is 0.392. The molecule has 2 heterocycles. The van der Waals surface area contributed by atoms with Crippen molar-refractivity contribution in [3.8, 4) is 5.75 Å². The van der Waals surface area contributed by atoms with Crippen LogP contribution in [0.25, 0.3) is 0 Å². The molecular formula is C23H21BrN4O3. The summed E-state index contributed by atoms with van der Waals surface area (Å²) >= 11 is 3.54. The lowest BCUT2D eigenvalue weighted by atomic mass is 9.95. The third-order valence-corrected chi connectivity index (χ3v) is 5.34. The number of rotatable bonds is 7. The number of ether oxygens (including phenoxy) is 2. The number of halogens is 1. The number of nitrogens with one attached hydrogen (secondary N) is 1. The van der Waals surface area contributed by atoms with E-state index in [1.54, 1.807) is 4.68 Å². The maximum atomic E-state index is 13.0. The molecule has 7 nitrogen and oxygen atoms in total. The highest BCUT2D eigenvalue weighted by molar-refractivity contribution is 9.10. The summed E-state index contributed by atoms with van der Waals surface area (Å²) in [4.78, 5) is 17.2. The molecule has 0 spiro atoms. The molecular weight excluding hydrogens is 460 g/mol. The van der Waals surface area contributed by atoms with Crippen LogP contribution in [0.3, 0.4) is 0 Å². The van der Waals surface area contributed by atoms with E-state index in [4.69, 9.17) is 9.47 Å². The largest absolute Gasteiger partial charge is 0.489 e. The van der Waals surface area contributed by atoms with E-state index >= 15 is 0 Å². The zero-order valence-corrected chi connectivity index (χ0v) is 18.5. The van der Waals surface area contributed by atoms with Gasteiger partial charge < -0.3 is 14.8 Å². The molecule has 2 aromatic carbocycles. The zero-order valence-electron chi connectivity index (χ0n) is 16.9. The number of hydrogen-bond donors (Lipinski definition) is 1. The molecule has 1 atom stereocenters. The summed E-state index contributed by atoms with van der Waals surface area (Å²) in [6.45, 7) is 5.94. The average molecular weight is 481 g/mol. The maximum absolute atomic E-state index is 13.0. The van der Waals surface area contributed by atoms with Crippen LogP contribution < -0.4 is 10.1 Å². The van der Waals surface area contributed by atoms with E-state index in [1.165, 1.54) is 12.4 Å². The van der Waals surface area contributed by atoms with Gasteiger partial charge in [0.2, 0.25) is 5.95 Å². The van der Waals surface area contributed by atoms with Gasteiger partial charge in [0.25, 0.3) is 0 Å². The van der Waals surface area contributed by atoms with Gasteiger partial charge in [0.1, 0.15) is 31.3 Å². The van der Waals surface area contributed by atoms with Gasteiger partial charge in [-0.3, -0.25) is 0 Å². The molecule has 0 radical (unpaired) electrons. The van der Waals surface area contributed by atoms with Crippen LogP contribution in [0.2, 0.25) is 0 Å². The topological polar surface area (TPSA) is 78.3 Å². The molecule has 4 rings (SSSR count). The van der Waals surface area contributed by atoms with Crippen molar-refractivity contribution in [3.05, 3.63) is 94.4 Å². The molecule has 1 unspecified atom stereocenters. The van der Waals surface area contributed by atoms with E-state index in [9.17, 15) is 4.79 Å². The molecule has 0 fully saturated rings. The predicted molar refractivity (Wildman–Crippen MR) is 121 cm³/mol. The fraction of sp³-hybridized carbons (Fsp3) is 0.174. The van der Waals surface area contributed by atoms with E-state index in [0.29, 0.717) is 29.6 Å². The number of esters is 1. The minimum Gasteiger partial charge on any atom is -0.489 e. The molecule has 1 aliphatic rings. The first kappa shape index (κ1) is 20.9. The van der Waals surface area contributed by atoms with Gasteiger partial charge >= 0.3 is 5.97 Å². The molecule has 31 heavy (non-hydrogen) atoms. The summed E-state index contributed by atoms with van der Waals surface area (Å²) in [6, 6.07) is 15.0. The van der Waals surface area contributed by atoms with E-state index in [2.05, 4.69) is 37.9 Å². The third-order valence-electron chi connectivity index (χ3n) is 4.85. The molecule has 1 aromatic heterocycles. The highest BCUT2D eigenvalue weighted by atomic mass is 79.9. The average Bonchev–Trinajstić information content (AvgIpc) is 3.24. The van der Waals surface area contributed by atoms with E-state index in [1.807, 2.05) is 55.5 Å². The normalized spacial score (nSPS) is 15.1. The number of hydrogen-bond acceptors (Lipinski definition) is 6. The van der Waals surface area contributed by atoms with Gasteiger partial charge in [0.15, 0.2) is 0 Å². The van der Waals surface area contributed by atoms with Crippen molar-refractivity contribution in [2.75, 3.05) is 11.9 Å². The lowest BCUT2D eigenvalue weighted by molar-refractivity contribution is -0.138. The Balaban J connectivity index is 1.77. The highest BCUT2D eigenvalue weighted by Crippen LogP contribution is 2.40. The van der Waals surface area contributed by atoms with Gasteiger partial charge in [0, 0.05) is 15.7 Å². The number of carbonyl (C=O) groups excluding carboxylic acids is 1.